The summed E-state index contributed by atoms with van der Waals surface area (Å²) in [6, 6.07) is 11.4. The van der Waals surface area contributed by atoms with Gasteiger partial charge >= 0.3 is 0 Å². The molecule has 0 bridgehead atoms. The van der Waals surface area contributed by atoms with E-state index in [2.05, 4.69) is 25.2 Å². The van der Waals surface area contributed by atoms with Crippen LogP contribution >= 0.6 is 0 Å². The van der Waals surface area contributed by atoms with E-state index >= 15 is 0 Å². The van der Waals surface area contributed by atoms with Crippen molar-refractivity contribution in [1.82, 2.24) is 20.3 Å². The zero-order chi connectivity index (χ0) is 18.6. The summed E-state index contributed by atoms with van der Waals surface area (Å²) >= 11 is 0. The van der Waals surface area contributed by atoms with Gasteiger partial charge in [0.1, 0.15) is 17.8 Å². The van der Waals surface area contributed by atoms with Crippen molar-refractivity contribution >= 4 is 22.8 Å². The molecule has 4 N–H and O–H groups in total. The molecule has 27 heavy (non-hydrogen) atoms. The molecule has 1 fully saturated rings. The SMILES string of the molecule is NC(Cc1ccccc1)C(=O)NC1CCCN(c2ncnc3[nH]ccc23)C1. The number of benzene rings is 1. The number of piperidine rings is 1. The summed E-state index contributed by atoms with van der Waals surface area (Å²) < 4.78 is 0. The van der Waals surface area contributed by atoms with Crippen molar-refractivity contribution in [3.05, 3.63) is 54.5 Å². The first kappa shape index (κ1) is 17.5. The fourth-order valence-corrected chi connectivity index (χ4v) is 3.67. The molecule has 0 spiro atoms. The van der Waals surface area contributed by atoms with Crippen LogP contribution in [0.1, 0.15) is 18.4 Å². The third-order valence-electron chi connectivity index (χ3n) is 5.04. The first-order valence-electron chi connectivity index (χ1n) is 9.33. The fraction of sp³-hybridized carbons (Fsp3) is 0.350. The molecule has 1 aliphatic rings. The molecule has 0 radical (unpaired) electrons. The molecule has 7 heteroatoms. The smallest absolute Gasteiger partial charge is 0.237 e. The molecule has 1 aliphatic heterocycles. The lowest BCUT2D eigenvalue weighted by molar-refractivity contribution is -0.123. The topological polar surface area (TPSA) is 99.9 Å². The molecule has 3 heterocycles. The van der Waals surface area contributed by atoms with Crippen molar-refractivity contribution < 1.29 is 4.79 Å². The Labute approximate surface area is 158 Å². The number of rotatable bonds is 5. The number of fused-ring (bicyclic) bond motifs is 1. The monoisotopic (exact) mass is 364 g/mol. The van der Waals surface area contributed by atoms with Gasteiger partial charge in [0.05, 0.1) is 11.4 Å². The van der Waals surface area contributed by atoms with Crippen LogP contribution in [-0.2, 0) is 11.2 Å². The summed E-state index contributed by atoms with van der Waals surface area (Å²) in [5, 5.41) is 4.13. The van der Waals surface area contributed by atoms with Gasteiger partial charge in [0.2, 0.25) is 5.91 Å². The Hall–Kier alpha value is -2.93. The Bertz CT molecular complexity index is 909. The molecule has 2 aromatic heterocycles. The summed E-state index contributed by atoms with van der Waals surface area (Å²) in [4.78, 5) is 26.6. The highest BCUT2D eigenvalue weighted by molar-refractivity contribution is 5.87. The first-order valence-corrected chi connectivity index (χ1v) is 9.33. The molecule has 1 aromatic carbocycles. The molecule has 0 aliphatic carbocycles. The molecule has 0 saturated carbocycles. The molecular weight excluding hydrogens is 340 g/mol. The summed E-state index contributed by atoms with van der Waals surface area (Å²) in [6.07, 6.45) is 5.93. The van der Waals surface area contributed by atoms with E-state index in [1.807, 2.05) is 42.6 Å². The van der Waals surface area contributed by atoms with Crippen LogP contribution in [0.15, 0.2) is 48.9 Å². The molecule has 4 rings (SSSR count). The van der Waals surface area contributed by atoms with Gasteiger partial charge in [-0.3, -0.25) is 4.79 Å². The van der Waals surface area contributed by atoms with Crippen LogP contribution in [0, 0.1) is 0 Å². The van der Waals surface area contributed by atoms with Gasteiger partial charge in [0.25, 0.3) is 0 Å². The number of amides is 1. The molecule has 3 aromatic rings. The number of carbonyl (C=O) groups is 1. The van der Waals surface area contributed by atoms with Gasteiger partial charge in [-0.1, -0.05) is 30.3 Å². The number of nitrogens with two attached hydrogens (primary N) is 1. The van der Waals surface area contributed by atoms with Crippen LogP contribution < -0.4 is 16.0 Å². The molecule has 7 nitrogen and oxygen atoms in total. The van der Waals surface area contributed by atoms with Crippen molar-refractivity contribution in [2.45, 2.75) is 31.3 Å². The summed E-state index contributed by atoms with van der Waals surface area (Å²) in [6.45, 7) is 1.64. The summed E-state index contributed by atoms with van der Waals surface area (Å²) in [7, 11) is 0. The quantitative estimate of drug-likeness (QED) is 0.639. The zero-order valence-electron chi connectivity index (χ0n) is 15.1. The van der Waals surface area contributed by atoms with Gasteiger partial charge in [-0.25, -0.2) is 9.97 Å². The second kappa shape index (κ2) is 7.75. The standard InChI is InChI=1S/C20H24N6O/c21-17(11-14-5-2-1-3-6-14)20(27)25-15-7-4-10-26(12-15)19-16-8-9-22-18(16)23-13-24-19/h1-3,5-6,8-9,13,15,17H,4,7,10-12,21H2,(H,25,27)(H,22,23,24). The number of nitrogens with one attached hydrogen (secondary N) is 2. The third-order valence-corrected chi connectivity index (χ3v) is 5.04. The highest BCUT2D eigenvalue weighted by atomic mass is 16.2. The highest BCUT2D eigenvalue weighted by Gasteiger charge is 2.25. The lowest BCUT2D eigenvalue weighted by atomic mass is 10.0. The van der Waals surface area contributed by atoms with Gasteiger partial charge in [0, 0.05) is 25.3 Å². The van der Waals surface area contributed by atoms with Crippen LogP contribution in [0.4, 0.5) is 5.82 Å². The van der Waals surface area contributed by atoms with E-state index in [1.54, 1.807) is 6.33 Å². The second-order valence-corrected chi connectivity index (χ2v) is 7.03. The third kappa shape index (κ3) is 3.93. The Morgan fingerprint density at radius 2 is 2.15 bits per heavy atom. The van der Waals surface area contributed by atoms with Crippen LogP contribution in [0.25, 0.3) is 11.0 Å². The first-order chi connectivity index (χ1) is 13.2. The van der Waals surface area contributed by atoms with E-state index in [1.165, 1.54) is 0 Å². The molecule has 1 saturated heterocycles. The maximum absolute atomic E-state index is 12.5. The maximum atomic E-state index is 12.5. The minimum atomic E-state index is -0.543. The Kier molecular flexibility index (Phi) is 5.02. The average Bonchev–Trinajstić information content (AvgIpc) is 3.18. The number of H-pyrrole nitrogens is 1. The van der Waals surface area contributed by atoms with Crippen LogP contribution in [-0.4, -0.2) is 46.0 Å². The molecule has 2 unspecified atom stereocenters. The second-order valence-electron chi connectivity index (χ2n) is 7.03. The van der Waals surface area contributed by atoms with Gasteiger partial charge in [0.15, 0.2) is 0 Å². The number of hydrogen-bond acceptors (Lipinski definition) is 5. The minimum Gasteiger partial charge on any atom is -0.354 e. The lowest BCUT2D eigenvalue weighted by Crippen LogP contribution is -2.52. The van der Waals surface area contributed by atoms with E-state index in [0.29, 0.717) is 6.42 Å². The Morgan fingerprint density at radius 3 is 3.00 bits per heavy atom. The van der Waals surface area contributed by atoms with Gasteiger partial charge in [-0.2, -0.15) is 0 Å². The summed E-state index contributed by atoms with van der Waals surface area (Å²) in [5.41, 5.74) is 8.02. The predicted molar refractivity (Wildman–Crippen MR) is 105 cm³/mol. The Balaban J connectivity index is 1.39. The number of aromatic amines is 1. The normalized spacial score (nSPS) is 18.4. The van der Waals surface area contributed by atoms with Crippen LogP contribution in [0.5, 0.6) is 0 Å². The van der Waals surface area contributed by atoms with Gasteiger partial charge in [-0.15, -0.1) is 0 Å². The van der Waals surface area contributed by atoms with E-state index < -0.39 is 6.04 Å². The lowest BCUT2D eigenvalue weighted by Gasteiger charge is -2.34. The van der Waals surface area contributed by atoms with Crippen molar-refractivity contribution in [2.24, 2.45) is 5.73 Å². The van der Waals surface area contributed by atoms with Crippen molar-refractivity contribution in [1.29, 1.82) is 0 Å². The van der Waals surface area contributed by atoms with Gasteiger partial charge in [-0.05, 0) is 30.9 Å². The summed E-state index contributed by atoms with van der Waals surface area (Å²) in [5.74, 6) is 0.814. The molecule has 140 valence electrons. The minimum absolute atomic E-state index is 0.0667. The van der Waals surface area contributed by atoms with E-state index in [0.717, 1.165) is 48.3 Å². The van der Waals surface area contributed by atoms with Gasteiger partial charge < -0.3 is 20.9 Å². The van der Waals surface area contributed by atoms with E-state index in [-0.39, 0.29) is 11.9 Å². The van der Waals surface area contributed by atoms with Crippen molar-refractivity contribution in [2.75, 3.05) is 18.0 Å². The number of hydrogen-bond donors (Lipinski definition) is 3. The van der Waals surface area contributed by atoms with E-state index in [4.69, 9.17) is 5.73 Å². The average molecular weight is 364 g/mol. The van der Waals surface area contributed by atoms with Crippen molar-refractivity contribution in [3.63, 3.8) is 0 Å². The van der Waals surface area contributed by atoms with Crippen LogP contribution in [0.2, 0.25) is 0 Å². The fourth-order valence-electron chi connectivity index (χ4n) is 3.67. The molecule has 2 atom stereocenters. The number of aromatic nitrogens is 3. The van der Waals surface area contributed by atoms with Crippen LogP contribution in [0.3, 0.4) is 0 Å². The molecule has 1 amide bonds. The zero-order valence-corrected chi connectivity index (χ0v) is 15.1. The van der Waals surface area contributed by atoms with E-state index in [9.17, 15) is 4.79 Å². The Morgan fingerprint density at radius 1 is 1.30 bits per heavy atom. The largest absolute Gasteiger partial charge is 0.354 e. The maximum Gasteiger partial charge on any atom is 0.237 e. The highest BCUT2D eigenvalue weighted by Crippen LogP contribution is 2.25. The number of carbonyl (C=O) groups excluding carboxylic acids is 1. The number of anilines is 1. The predicted octanol–water partition coefficient (Wildman–Crippen LogP) is 1.61. The number of nitrogens with zero attached hydrogens (tertiary/aromatic N) is 3. The molecular formula is C20H24N6O. The van der Waals surface area contributed by atoms with Crippen molar-refractivity contribution in [3.8, 4) is 0 Å².